The van der Waals surface area contributed by atoms with Gasteiger partial charge in [-0.3, -0.25) is 4.79 Å². The lowest BCUT2D eigenvalue weighted by molar-refractivity contribution is 0.102. The molecule has 0 bridgehead atoms. The standard InChI is InChI=1S/C23H21ClN4O3/c1-14-8-18(24)5-7-20(14)27-23(29)17-9-16-12-26-28(22(16)25-11-17)13-15-4-6-19(30-2)10-21(15)31-3/h4-12H,13H2,1-3H3,(H,27,29). The molecule has 0 spiro atoms. The number of halogens is 1. The van der Waals surface area contributed by atoms with Crippen molar-refractivity contribution in [3.8, 4) is 11.5 Å². The summed E-state index contributed by atoms with van der Waals surface area (Å²) in [5.41, 5.74) is 3.66. The Kier molecular flexibility index (Phi) is 5.77. The van der Waals surface area contributed by atoms with Crippen molar-refractivity contribution in [2.45, 2.75) is 13.5 Å². The fraction of sp³-hybridized carbons (Fsp3) is 0.174. The van der Waals surface area contributed by atoms with Gasteiger partial charge in [-0.1, -0.05) is 11.6 Å². The highest BCUT2D eigenvalue weighted by atomic mass is 35.5. The van der Waals surface area contributed by atoms with E-state index in [9.17, 15) is 4.79 Å². The van der Waals surface area contributed by atoms with E-state index in [4.69, 9.17) is 21.1 Å². The summed E-state index contributed by atoms with van der Waals surface area (Å²) in [6.07, 6.45) is 3.25. The van der Waals surface area contributed by atoms with Crippen molar-refractivity contribution in [1.82, 2.24) is 14.8 Å². The number of amides is 1. The number of methoxy groups -OCH3 is 2. The van der Waals surface area contributed by atoms with Gasteiger partial charge in [0.15, 0.2) is 5.65 Å². The molecule has 4 rings (SSSR count). The maximum absolute atomic E-state index is 12.7. The van der Waals surface area contributed by atoms with E-state index in [2.05, 4.69) is 15.4 Å². The highest BCUT2D eigenvalue weighted by Gasteiger charge is 2.13. The normalized spacial score (nSPS) is 10.8. The first kappa shape index (κ1) is 20.7. The number of hydrogen-bond acceptors (Lipinski definition) is 5. The SMILES string of the molecule is COc1ccc(Cn2ncc3cc(C(=O)Nc4ccc(Cl)cc4C)cnc32)c(OC)c1. The first-order valence-corrected chi connectivity index (χ1v) is 9.96. The van der Waals surface area contributed by atoms with Crippen LogP contribution in [0.5, 0.6) is 11.5 Å². The van der Waals surface area contributed by atoms with Gasteiger partial charge in [0.1, 0.15) is 11.5 Å². The fourth-order valence-electron chi connectivity index (χ4n) is 3.32. The molecule has 0 aliphatic rings. The van der Waals surface area contributed by atoms with E-state index in [1.54, 1.807) is 55.6 Å². The zero-order chi connectivity index (χ0) is 22.0. The first-order valence-electron chi connectivity index (χ1n) is 9.58. The molecule has 0 saturated heterocycles. The molecule has 2 aromatic heterocycles. The number of fused-ring (bicyclic) bond motifs is 1. The molecular formula is C23H21ClN4O3. The van der Waals surface area contributed by atoms with Crippen LogP contribution in [0.2, 0.25) is 5.02 Å². The number of pyridine rings is 1. The van der Waals surface area contributed by atoms with Gasteiger partial charge < -0.3 is 14.8 Å². The summed E-state index contributed by atoms with van der Waals surface area (Å²) in [7, 11) is 3.23. The highest BCUT2D eigenvalue weighted by Crippen LogP contribution is 2.26. The van der Waals surface area contributed by atoms with Gasteiger partial charge in [0, 0.05) is 33.9 Å². The van der Waals surface area contributed by atoms with Gasteiger partial charge in [0.2, 0.25) is 0 Å². The summed E-state index contributed by atoms with van der Waals surface area (Å²) in [4.78, 5) is 17.2. The third kappa shape index (κ3) is 4.32. The maximum atomic E-state index is 12.7. The average Bonchev–Trinajstić information content (AvgIpc) is 3.17. The van der Waals surface area contributed by atoms with Crippen molar-refractivity contribution in [3.05, 3.63) is 76.6 Å². The van der Waals surface area contributed by atoms with Gasteiger partial charge in [0.05, 0.1) is 32.5 Å². The predicted molar refractivity (Wildman–Crippen MR) is 120 cm³/mol. The molecule has 0 atom stereocenters. The molecule has 0 fully saturated rings. The molecule has 2 aromatic carbocycles. The van der Waals surface area contributed by atoms with Gasteiger partial charge in [-0.2, -0.15) is 5.10 Å². The number of aromatic nitrogens is 3. The second-order valence-corrected chi connectivity index (χ2v) is 7.47. The number of rotatable bonds is 6. The Labute approximate surface area is 184 Å². The van der Waals surface area contributed by atoms with Crippen LogP contribution in [-0.4, -0.2) is 34.9 Å². The Balaban J connectivity index is 1.57. The molecule has 0 radical (unpaired) electrons. The average molecular weight is 437 g/mol. The molecular weight excluding hydrogens is 416 g/mol. The number of ether oxygens (including phenoxy) is 2. The zero-order valence-corrected chi connectivity index (χ0v) is 18.1. The largest absolute Gasteiger partial charge is 0.497 e. The lowest BCUT2D eigenvalue weighted by Crippen LogP contribution is -2.13. The van der Waals surface area contributed by atoms with Crippen LogP contribution in [0.4, 0.5) is 5.69 Å². The molecule has 1 amide bonds. The highest BCUT2D eigenvalue weighted by molar-refractivity contribution is 6.30. The van der Waals surface area contributed by atoms with E-state index in [-0.39, 0.29) is 5.91 Å². The Hall–Kier alpha value is -3.58. The number of benzene rings is 2. The monoisotopic (exact) mass is 436 g/mol. The second kappa shape index (κ2) is 8.65. The van der Waals surface area contributed by atoms with E-state index >= 15 is 0 Å². The van der Waals surface area contributed by atoms with Gasteiger partial charge >= 0.3 is 0 Å². The second-order valence-electron chi connectivity index (χ2n) is 7.03. The van der Waals surface area contributed by atoms with Gasteiger partial charge in [-0.05, 0) is 48.9 Å². The van der Waals surface area contributed by atoms with Crippen LogP contribution < -0.4 is 14.8 Å². The number of hydrogen-bond donors (Lipinski definition) is 1. The van der Waals surface area contributed by atoms with E-state index in [1.165, 1.54) is 0 Å². The summed E-state index contributed by atoms with van der Waals surface area (Å²) in [6.45, 7) is 2.36. The number of carbonyl (C=O) groups is 1. The lowest BCUT2D eigenvalue weighted by atomic mass is 10.1. The number of aryl methyl sites for hydroxylation is 1. The molecule has 158 valence electrons. The third-order valence-electron chi connectivity index (χ3n) is 4.99. The molecule has 4 aromatic rings. The summed E-state index contributed by atoms with van der Waals surface area (Å²) in [5.74, 6) is 1.18. The summed E-state index contributed by atoms with van der Waals surface area (Å²) in [6, 6.07) is 12.7. The lowest BCUT2D eigenvalue weighted by Gasteiger charge is -2.11. The number of nitrogens with one attached hydrogen (secondary N) is 1. The Morgan fingerprint density at radius 2 is 1.94 bits per heavy atom. The Bertz CT molecular complexity index is 1270. The molecule has 2 heterocycles. The van der Waals surface area contributed by atoms with Gasteiger partial charge in [-0.25, -0.2) is 9.67 Å². The van der Waals surface area contributed by atoms with Crippen LogP contribution >= 0.6 is 11.6 Å². The molecule has 0 saturated carbocycles. The van der Waals surface area contributed by atoms with Crippen molar-refractivity contribution in [3.63, 3.8) is 0 Å². The molecule has 0 unspecified atom stereocenters. The molecule has 0 aliphatic heterocycles. The zero-order valence-electron chi connectivity index (χ0n) is 17.3. The smallest absolute Gasteiger partial charge is 0.257 e. The summed E-state index contributed by atoms with van der Waals surface area (Å²) in [5, 5.41) is 8.73. The summed E-state index contributed by atoms with van der Waals surface area (Å²) < 4.78 is 12.5. The number of anilines is 1. The molecule has 8 heteroatoms. The van der Waals surface area contributed by atoms with Crippen molar-refractivity contribution in [2.24, 2.45) is 0 Å². The minimum absolute atomic E-state index is 0.246. The number of nitrogens with zero attached hydrogens (tertiary/aromatic N) is 3. The van der Waals surface area contributed by atoms with Crippen LogP contribution in [0.1, 0.15) is 21.5 Å². The predicted octanol–water partition coefficient (Wildman–Crippen LogP) is 4.71. The minimum atomic E-state index is -0.246. The Morgan fingerprint density at radius 1 is 1.10 bits per heavy atom. The first-order chi connectivity index (χ1) is 15.0. The van der Waals surface area contributed by atoms with E-state index in [0.717, 1.165) is 22.3 Å². The van der Waals surface area contributed by atoms with Crippen molar-refractivity contribution in [1.29, 1.82) is 0 Å². The van der Waals surface area contributed by atoms with Gasteiger partial charge in [0.25, 0.3) is 5.91 Å². The quantitative estimate of drug-likeness (QED) is 0.473. The van der Waals surface area contributed by atoms with Crippen molar-refractivity contribution >= 4 is 34.2 Å². The van der Waals surface area contributed by atoms with E-state index < -0.39 is 0 Å². The van der Waals surface area contributed by atoms with Crippen molar-refractivity contribution in [2.75, 3.05) is 19.5 Å². The van der Waals surface area contributed by atoms with Crippen LogP contribution in [0.15, 0.2) is 54.9 Å². The fourth-order valence-corrected chi connectivity index (χ4v) is 3.54. The summed E-state index contributed by atoms with van der Waals surface area (Å²) >= 11 is 5.98. The van der Waals surface area contributed by atoms with E-state index in [1.807, 2.05) is 25.1 Å². The van der Waals surface area contributed by atoms with Crippen LogP contribution in [0.3, 0.4) is 0 Å². The van der Waals surface area contributed by atoms with Gasteiger partial charge in [-0.15, -0.1) is 0 Å². The maximum Gasteiger partial charge on any atom is 0.257 e. The van der Waals surface area contributed by atoms with Crippen LogP contribution in [0, 0.1) is 6.92 Å². The number of carbonyl (C=O) groups excluding carboxylic acids is 1. The molecule has 7 nitrogen and oxygen atoms in total. The topological polar surface area (TPSA) is 78.3 Å². The third-order valence-corrected chi connectivity index (χ3v) is 5.22. The molecule has 0 aliphatic carbocycles. The molecule has 31 heavy (non-hydrogen) atoms. The van der Waals surface area contributed by atoms with Crippen molar-refractivity contribution < 1.29 is 14.3 Å². The van der Waals surface area contributed by atoms with E-state index in [0.29, 0.717) is 34.2 Å². The van der Waals surface area contributed by atoms with Crippen LogP contribution in [0.25, 0.3) is 11.0 Å². The molecule has 1 N–H and O–H groups in total. The minimum Gasteiger partial charge on any atom is -0.497 e. The van der Waals surface area contributed by atoms with Crippen LogP contribution in [-0.2, 0) is 6.54 Å². The Morgan fingerprint density at radius 3 is 2.68 bits per heavy atom.